The van der Waals surface area contributed by atoms with Gasteiger partial charge in [0.2, 0.25) is 0 Å². The first kappa shape index (κ1) is 13.8. The predicted molar refractivity (Wildman–Crippen MR) is 81.6 cm³/mol. The molecule has 0 saturated carbocycles. The smallest absolute Gasteiger partial charge is 0.266 e. The highest BCUT2D eigenvalue weighted by atomic mass is 35.5. The molecule has 0 amide bonds. The van der Waals surface area contributed by atoms with Gasteiger partial charge in [0.25, 0.3) is 5.56 Å². The van der Waals surface area contributed by atoms with E-state index in [1.807, 2.05) is 6.92 Å². The molecule has 0 unspecified atom stereocenters. The van der Waals surface area contributed by atoms with Crippen LogP contribution in [-0.2, 0) is 5.88 Å². The highest BCUT2D eigenvalue weighted by Crippen LogP contribution is 2.18. The van der Waals surface area contributed by atoms with Crippen molar-refractivity contribution in [2.24, 2.45) is 0 Å². The van der Waals surface area contributed by atoms with Gasteiger partial charge < -0.3 is 0 Å². The number of rotatable bonds is 2. The van der Waals surface area contributed by atoms with E-state index in [-0.39, 0.29) is 17.1 Å². The quantitative estimate of drug-likeness (QED) is 0.678. The van der Waals surface area contributed by atoms with E-state index in [1.54, 1.807) is 36.4 Å². The molecule has 2 aromatic carbocycles. The van der Waals surface area contributed by atoms with E-state index in [2.05, 4.69) is 4.98 Å². The van der Waals surface area contributed by atoms with Crippen molar-refractivity contribution >= 4 is 22.5 Å². The molecule has 21 heavy (non-hydrogen) atoms. The number of alkyl halides is 1. The lowest BCUT2D eigenvalue weighted by Crippen LogP contribution is -2.24. The summed E-state index contributed by atoms with van der Waals surface area (Å²) in [6.45, 7) is 1.84. The first-order valence-corrected chi connectivity index (χ1v) is 6.98. The highest BCUT2D eigenvalue weighted by molar-refractivity contribution is 6.16. The van der Waals surface area contributed by atoms with E-state index in [1.165, 1.54) is 10.6 Å². The molecule has 0 fully saturated rings. The maximum Gasteiger partial charge on any atom is 0.266 e. The van der Waals surface area contributed by atoms with Crippen molar-refractivity contribution in [1.82, 2.24) is 9.55 Å². The Kier molecular flexibility index (Phi) is 3.47. The van der Waals surface area contributed by atoms with Crippen LogP contribution in [0.15, 0.2) is 47.3 Å². The average molecular weight is 303 g/mol. The van der Waals surface area contributed by atoms with Crippen LogP contribution in [0.4, 0.5) is 4.39 Å². The van der Waals surface area contributed by atoms with Crippen molar-refractivity contribution in [2.75, 3.05) is 0 Å². The Bertz CT molecular complexity index is 889. The number of aromatic nitrogens is 2. The minimum Gasteiger partial charge on any atom is -0.268 e. The number of hydrogen-bond donors (Lipinski definition) is 0. The van der Waals surface area contributed by atoms with E-state index >= 15 is 0 Å². The first-order chi connectivity index (χ1) is 10.1. The molecule has 3 rings (SSSR count). The molecule has 0 N–H and O–H groups in total. The molecule has 0 bridgehead atoms. The van der Waals surface area contributed by atoms with Crippen molar-refractivity contribution in [3.8, 4) is 5.69 Å². The third-order valence-corrected chi connectivity index (χ3v) is 3.55. The zero-order valence-corrected chi connectivity index (χ0v) is 12.1. The lowest BCUT2D eigenvalue weighted by Gasteiger charge is -2.13. The van der Waals surface area contributed by atoms with Crippen LogP contribution < -0.4 is 5.56 Å². The largest absolute Gasteiger partial charge is 0.268 e. The minimum absolute atomic E-state index is 0.0213. The third kappa shape index (κ3) is 2.32. The Balaban J connectivity index is 2.44. The van der Waals surface area contributed by atoms with Gasteiger partial charge in [0, 0.05) is 0 Å². The van der Waals surface area contributed by atoms with Gasteiger partial charge in [-0.25, -0.2) is 9.37 Å². The van der Waals surface area contributed by atoms with Gasteiger partial charge in [0.15, 0.2) is 0 Å². The minimum atomic E-state index is -0.480. The van der Waals surface area contributed by atoms with Gasteiger partial charge in [-0.3, -0.25) is 9.36 Å². The number of fused-ring (bicyclic) bond motifs is 1. The fourth-order valence-corrected chi connectivity index (χ4v) is 2.49. The number of para-hydroxylation sites is 1. The molecule has 1 heterocycles. The molecule has 3 nitrogen and oxygen atoms in total. The van der Waals surface area contributed by atoms with Crippen LogP contribution >= 0.6 is 11.6 Å². The summed E-state index contributed by atoms with van der Waals surface area (Å²) in [6.07, 6.45) is 0. The lowest BCUT2D eigenvalue weighted by atomic mass is 10.2. The standard InChI is InChI=1S/C16H12ClFN2O/c1-10-6-7-12(18)14(8-10)20-15(9-17)19-13-5-3-2-4-11(13)16(20)21/h2-8H,9H2,1H3. The predicted octanol–water partition coefficient (Wildman–Crippen LogP) is 3.57. The topological polar surface area (TPSA) is 34.9 Å². The van der Waals surface area contributed by atoms with Gasteiger partial charge in [0.05, 0.1) is 22.5 Å². The Morgan fingerprint density at radius 2 is 2.00 bits per heavy atom. The second kappa shape index (κ2) is 5.30. The summed E-state index contributed by atoms with van der Waals surface area (Å²) in [5, 5.41) is 0.437. The fourth-order valence-electron chi connectivity index (χ4n) is 2.31. The van der Waals surface area contributed by atoms with Crippen LogP contribution in [0.3, 0.4) is 0 Å². The molecule has 0 atom stereocenters. The summed E-state index contributed by atoms with van der Waals surface area (Å²) >= 11 is 5.90. The van der Waals surface area contributed by atoms with Crippen molar-refractivity contribution < 1.29 is 4.39 Å². The summed E-state index contributed by atoms with van der Waals surface area (Å²) in [5.74, 6) is -0.135. The van der Waals surface area contributed by atoms with E-state index in [0.29, 0.717) is 16.7 Å². The Labute approximate surface area is 125 Å². The average Bonchev–Trinajstić information content (AvgIpc) is 2.50. The molecule has 1 aromatic heterocycles. The van der Waals surface area contributed by atoms with Crippen molar-refractivity contribution in [3.63, 3.8) is 0 Å². The SMILES string of the molecule is Cc1ccc(F)c(-n2c(CCl)nc3ccccc3c2=O)c1. The molecule has 0 saturated heterocycles. The van der Waals surface area contributed by atoms with Crippen LogP contribution in [0.1, 0.15) is 11.4 Å². The molecule has 0 aliphatic heterocycles. The van der Waals surface area contributed by atoms with Gasteiger partial charge in [0.1, 0.15) is 11.6 Å². The van der Waals surface area contributed by atoms with E-state index in [0.717, 1.165) is 5.56 Å². The second-order valence-corrected chi connectivity index (χ2v) is 5.04. The van der Waals surface area contributed by atoms with Crippen LogP contribution in [0.2, 0.25) is 0 Å². The lowest BCUT2D eigenvalue weighted by molar-refractivity contribution is 0.612. The summed E-state index contributed by atoms with van der Waals surface area (Å²) in [7, 11) is 0. The number of hydrogen-bond acceptors (Lipinski definition) is 2. The molecule has 5 heteroatoms. The molecule has 0 radical (unpaired) electrons. The first-order valence-electron chi connectivity index (χ1n) is 6.45. The summed E-state index contributed by atoms with van der Waals surface area (Å²) < 4.78 is 15.4. The maximum absolute atomic E-state index is 14.1. The zero-order chi connectivity index (χ0) is 15.0. The van der Waals surface area contributed by atoms with E-state index < -0.39 is 5.82 Å². The van der Waals surface area contributed by atoms with Crippen molar-refractivity contribution in [3.05, 3.63) is 70.0 Å². The number of halogens is 2. The zero-order valence-electron chi connectivity index (χ0n) is 11.3. The maximum atomic E-state index is 14.1. The van der Waals surface area contributed by atoms with Gasteiger partial charge in [-0.2, -0.15) is 0 Å². The second-order valence-electron chi connectivity index (χ2n) is 4.77. The molecule has 3 aromatic rings. The number of benzene rings is 2. The van der Waals surface area contributed by atoms with Crippen molar-refractivity contribution in [1.29, 1.82) is 0 Å². The monoisotopic (exact) mass is 302 g/mol. The van der Waals surface area contributed by atoms with E-state index in [4.69, 9.17) is 11.6 Å². The van der Waals surface area contributed by atoms with Crippen molar-refractivity contribution in [2.45, 2.75) is 12.8 Å². The summed E-state index contributed by atoms with van der Waals surface area (Å²) in [6, 6.07) is 11.6. The Morgan fingerprint density at radius 1 is 1.24 bits per heavy atom. The van der Waals surface area contributed by atoms with Gasteiger partial charge in [-0.05, 0) is 36.8 Å². The van der Waals surface area contributed by atoms with Crippen LogP contribution in [0.25, 0.3) is 16.6 Å². The van der Waals surface area contributed by atoms with E-state index in [9.17, 15) is 9.18 Å². The fraction of sp³-hybridized carbons (Fsp3) is 0.125. The summed E-state index contributed by atoms with van der Waals surface area (Å²) in [4.78, 5) is 17.0. The third-order valence-electron chi connectivity index (χ3n) is 3.31. The number of nitrogens with zero attached hydrogens (tertiary/aromatic N) is 2. The number of aryl methyl sites for hydroxylation is 1. The van der Waals surface area contributed by atoms with Crippen LogP contribution in [-0.4, -0.2) is 9.55 Å². The molecular weight excluding hydrogens is 291 g/mol. The molecule has 106 valence electrons. The molecular formula is C16H12ClFN2O. The normalized spacial score (nSPS) is 11.0. The van der Waals surface area contributed by atoms with Gasteiger partial charge in [-0.1, -0.05) is 18.2 Å². The van der Waals surface area contributed by atoms with Crippen LogP contribution in [0, 0.1) is 12.7 Å². The molecule has 0 aliphatic carbocycles. The Hall–Kier alpha value is -2.20. The van der Waals surface area contributed by atoms with Crippen LogP contribution in [0.5, 0.6) is 0 Å². The Morgan fingerprint density at radius 3 is 2.76 bits per heavy atom. The summed E-state index contributed by atoms with van der Waals surface area (Å²) in [5.41, 5.74) is 1.27. The van der Waals surface area contributed by atoms with Gasteiger partial charge >= 0.3 is 0 Å². The molecule has 0 spiro atoms. The molecule has 0 aliphatic rings. The van der Waals surface area contributed by atoms with Gasteiger partial charge in [-0.15, -0.1) is 11.6 Å². The highest BCUT2D eigenvalue weighted by Gasteiger charge is 2.14.